The number of aryl methyl sites for hydroxylation is 1. The summed E-state index contributed by atoms with van der Waals surface area (Å²) in [6.07, 6.45) is 4.62. The molecule has 2 aromatic carbocycles. The van der Waals surface area contributed by atoms with Crippen LogP contribution in [0.5, 0.6) is 28.9 Å². The minimum atomic E-state index is -0.136. The van der Waals surface area contributed by atoms with Crippen molar-refractivity contribution < 1.29 is 23.7 Å². The van der Waals surface area contributed by atoms with Crippen molar-refractivity contribution in [3.05, 3.63) is 54.4 Å². The van der Waals surface area contributed by atoms with Crippen molar-refractivity contribution >= 4 is 17.4 Å². The molecule has 1 aliphatic heterocycles. The molecule has 0 radical (unpaired) electrons. The molecular weight excluding hydrogens is 448 g/mol. The maximum Gasteiger partial charge on any atom is 0.263 e. The van der Waals surface area contributed by atoms with Crippen LogP contribution >= 0.6 is 0 Å². The molecule has 184 valence electrons. The monoisotopic (exact) mass is 478 g/mol. The lowest BCUT2D eigenvalue weighted by Crippen LogP contribution is -2.38. The smallest absolute Gasteiger partial charge is 0.263 e. The summed E-state index contributed by atoms with van der Waals surface area (Å²) in [5, 5.41) is 2.99. The lowest BCUT2D eigenvalue weighted by Gasteiger charge is -2.32. The number of benzene rings is 2. The molecule has 1 fully saturated rings. The summed E-state index contributed by atoms with van der Waals surface area (Å²) in [5.41, 5.74) is 1.75. The van der Waals surface area contributed by atoms with Gasteiger partial charge in [0.15, 0.2) is 17.3 Å². The van der Waals surface area contributed by atoms with Crippen molar-refractivity contribution in [2.75, 3.05) is 44.6 Å². The van der Waals surface area contributed by atoms with Crippen molar-refractivity contribution in [2.45, 2.75) is 19.8 Å². The molecule has 35 heavy (non-hydrogen) atoms. The number of piperidine rings is 1. The highest BCUT2D eigenvalue weighted by Crippen LogP contribution is 2.40. The molecule has 4 rings (SSSR count). The number of carbonyl (C=O) groups excluding carboxylic acids is 1. The SMILES string of the molecule is COc1cc(NC(=O)C2CCN(c3nccnc3Oc3ccc(C)cc3)CC2)cc(OC)c1OC. The first-order valence-corrected chi connectivity index (χ1v) is 11.4. The third-order valence-corrected chi connectivity index (χ3v) is 5.98. The Hall–Kier alpha value is -4.01. The average Bonchev–Trinajstić information content (AvgIpc) is 2.89. The minimum absolute atomic E-state index is 0.0470. The number of amides is 1. The van der Waals surface area contributed by atoms with Crippen molar-refractivity contribution in [3.8, 4) is 28.9 Å². The van der Waals surface area contributed by atoms with E-state index < -0.39 is 0 Å². The topological polar surface area (TPSA) is 95.0 Å². The molecule has 9 nitrogen and oxygen atoms in total. The Balaban J connectivity index is 1.41. The number of nitrogens with zero attached hydrogens (tertiary/aromatic N) is 3. The first kappa shape index (κ1) is 24.1. The van der Waals surface area contributed by atoms with Gasteiger partial charge in [-0.2, -0.15) is 0 Å². The number of hydrogen-bond acceptors (Lipinski definition) is 8. The zero-order valence-electron chi connectivity index (χ0n) is 20.4. The normalized spacial score (nSPS) is 13.8. The van der Waals surface area contributed by atoms with Crippen LogP contribution in [-0.4, -0.2) is 50.3 Å². The van der Waals surface area contributed by atoms with Gasteiger partial charge >= 0.3 is 0 Å². The Morgan fingerprint density at radius 1 is 0.943 bits per heavy atom. The van der Waals surface area contributed by atoms with E-state index in [1.165, 1.54) is 0 Å². The molecule has 1 amide bonds. The van der Waals surface area contributed by atoms with E-state index in [-0.39, 0.29) is 11.8 Å². The van der Waals surface area contributed by atoms with Crippen LogP contribution < -0.4 is 29.2 Å². The van der Waals surface area contributed by atoms with Gasteiger partial charge in [-0.05, 0) is 31.9 Å². The van der Waals surface area contributed by atoms with Gasteiger partial charge in [0.25, 0.3) is 5.88 Å². The lowest BCUT2D eigenvalue weighted by atomic mass is 9.95. The third-order valence-electron chi connectivity index (χ3n) is 5.98. The largest absolute Gasteiger partial charge is 0.493 e. The van der Waals surface area contributed by atoms with E-state index in [1.54, 1.807) is 45.9 Å². The Kier molecular flexibility index (Phi) is 7.54. The van der Waals surface area contributed by atoms with Gasteiger partial charge in [-0.15, -0.1) is 0 Å². The Bertz CT molecular complexity index is 1140. The standard InChI is InChI=1S/C26H30N4O5/c1-17-5-7-20(8-6-17)35-26-24(27-11-12-28-26)30-13-9-18(10-14-30)25(31)29-19-15-21(32-2)23(34-4)22(16-19)33-3/h5-8,11-12,15-16,18H,9-10,13-14H2,1-4H3,(H,29,31). The van der Waals surface area contributed by atoms with Crippen LogP contribution in [0.1, 0.15) is 18.4 Å². The molecule has 0 atom stereocenters. The summed E-state index contributed by atoms with van der Waals surface area (Å²) in [6.45, 7) is 3.35. The van der Waals surface area contributed by atoms with Crippen molar-refractivity contribution in [3.63, 3.8) is 0 Å². The Morgan fingerprint density at radius 2 is 1.57 bits per heavy atom. The van der Waals surface area contributed by atoms with Gasteiger partial charge in [0.05, 0.1) is 21.3 Å². The fourth-order valence-electron chi connectivity index (χ4n) is 4.08. The second-order valence-electron chi connectivity index (χ2n) is 8.26. The number of aromatic nitrogens is 2. The average molecular weight is 479 g/mol. The molecule has 1 N–H and O–H groups in total. The van der Waals surface area contributed by atoms with Gasteiger partial charge in [0.1, 0.15) is 5.75 Å². The first-order valence-electron chi connectivity index (χ1n) is 11.4. The number of carbonyl (C=O) groups is 1. The second kappa shape index (κ2) is 10.9. The van der Waals surface area contributed by atoms with E-state index >= 15 is 0 Å². The molecule has 1 saturated heterocycles. The molecular formula is C26H30N4O5. The summed E-state index contributed by atoms with van der Waals surface area (Å²) in [7, 11) is 4.63. The second-order valence-corrected chi connectivity index (χ2v) is 8.26. The van der Waals surface area contributed by atoms with Crippen LogP contribution in [0.3, 0.4) is 0 Å². The lowest BCUT2D eigenvalue weighted by molar-refractivity contribution is -0.120. The van der Waals surface area contributed by atoms with Gasteiger partial charge < -0.3 is 29.2 Å². The minimum Gasteiger partial charge on any atom is -0.493 e. The van der Waals surface area contributed by atoms with E-state index in [9.17, 15) is 4.79 Å². The fraction of sp³-hybridized carbons (Fsp3) is 0.346. The molecule has 3 aromatic rings. The number of anilines is 2. The van der Waals surface area contributed by atoms with Crippen LogP contribution in [0.15, 0.2) is 48.8 Å². The quantitative estimate of drug-likeness (QED) is 0.507. The molecule has 0 aliphatic carbocycles. The van der Waals surface area contributed by atoms with Crippen LogP contribution in [0.4, 0.5) is 11.5 Å². The molecule has 1 aliphatic rings. The van der Waals surface area contributed by atoms with Crippen LogP contribution in [-0.2, 0) is 4.79 Å². The number of rotatable bonds is 8. The summed E-state index contributed by atoms with van der Waals surface area (Å²) >= 11 is 0. The molecule has 0 saturated carbocycles. The van der Waals surface area contributed by atoms with Gasteiger partial charge in [-0.1, -0.05) is 17.7 Å². The summed E-state index contributed by atoms with van der Waals surface area (Å²) < 4.78 is 22.1. The van der Waals surface area contributed by atoms with Crippen LogP contribution in [0.2, 0.25) is 0 Å². The molecule has 0 bridgehead atoms. The molecule has 1 aromatic heterocycles. The maximum absolute atomic E-state index is 13.0. The Labute approximate surface area is 205 Å². The summed E-state index contributed by atoms with van der Waals surface area (Å²) in [6, 6.07) is 11.2. The summed E-state index contributed by atoms with van der Waals surface area (Å²) in [5.74, 6) is 3.11. The molecule has 2 heterocycles. The van der Waals surface area contributed by atoms with E-state index in [1.807, 2.05) is 31.2 Å². The van der Waals surface area contributed by atoms with Crippen molar-refractivity contribution in [1.29, 1.82) is 0 Å². The van der Waals surface area contributed by atoms with Gasteiger partial charge in [-0.3, -0.25) is 4.79 Å². The zero-order valence-corrected chi connectivity index (χ0v) is 20.4. The predicted octanol–water partition coefficient (Wildman–Crippen LogP) is 4.46. The highest BCUT2D eigenvalue weighted by atomic mass is 16.5. The highest BCUT2D eigenvalue weighted by Gasteiger charge is 2.28. The van der Waals surface area contributed by atoms with Gasteiger partial charge in [0.2, 0.25) is 11.7 Å². The third kappa shape index (κ3) is 5.56. The highest BCUT2D eigenvalue weighted by molar-refractivity contribution is 5.93. The van der Waals surface area contributed by atoms with E-state index in [2.05, 4.69) is 20.2 Å². The first-order chi connectivity index (χ1) is 17.0. The number of methoxy groups -OCH3 is 3. The summed E-state index contributed by atoms with van der Waals surface area (Å²) in [4.78, 5) is 24.0. The molecule has 0 unspecified atom stereocenters. The predicted molar refractivity (Wildman–Crippen MR) is 133 cm³/mol. The zero-order chi connectivity index (χ0) is 24.8. The van der Waals surface area contributed by atoms with Gasteiger partial charge in [0, 0.05) is 49.2 Å². The number of ether oxygens (including phenoxy) is 4. The molecule has 0 spiro atoms. The van der Waals surface area contributed by atoms with Gasteiger partial charge in [-0.25, -0.2) is 9.97 Å². The van der Waals surface area contributed by atoms with Crippen LogP contribution in [0.25, 0.3) is 0 Å². The Morgan fingerprint density at radius 3 is 2.17 bits per heavy atom. The fourth-order valence-corrected chi connectivity index (χ4v) is 4.08. The number of nitrogens with one attached hydrogen (secondary N) is 1. The number of hydrogen-bond donors (Lipinski definition) is 1. The van der Waals surface area contributed by atoms with E-state index in [0.29, 0.717) is 66.3 Å². The van der Waals surface area contributed by atoms with Crippen molar-refractivity contribution in [2.24, 2.45) is 5.92 Å². The molecule has 9 heteroatoms. The van der Waals surface area contributed by atoms with Crippen LogP contribution in [0, 0.1) is 12.8 Å². The van der Waals surface area contributed by atoms with E-state index in [4.69, 9.17) is 18.9 Å². The maximum atomic E-state index is 13.0. The van der Waals surface area contributed by atoms with E-state index in [0.717, 1.165) is 5.56 Å². The van der Waals surface area contributed by atoms with Crippen molar-refractivity contribution in [1.82, 2.24) is 9.97 Å².